The SMILES string of the molecule is CSc1ccc(CN(C)C(=O)c2ccc(Cl)nc2)cc1. The minimum Gasteiger partial charge on any atom is -0.337 e. The van der Waals surface area contributed by atoms with E-state index in [0.717, 1.165) is 5.56 Å². The molecule has 0 fully saturated rings. The van der Waals surface area contributed by atoms with Gasteiger partial charge in [0.05, 0.1) is 5.56 Å². The molecule has 0 aliphatic heterocycles. The Hall–Kier alpha value is -1.52. The van der Waals surface area contributed by atoms with Crippen molar-refractivity contribution in [2.75, 3.05) is 13.3 Å². The Balaban J connectivity index is 2.04. The first-order valence-corrected chi connectivity index (χ1v) is 7.70. The van der Waals surface area contributed by atoms with Gasteiger partial charge in [0, 0.05) is 24.7 Å². The minimum absolute atomic E-state index is 0.0666. The number of hydrogen-bond acceptors (Lipinski definition) is 3. The maximum absolute atomic E-state index is 12.2. The van der Waals surface area contributed by atoms with Gasteiger partial charge >= 0.3 is 0 Å². The predicted octanol–water partition coefficient (Wildman–Crippen LogP) is 3.73. The van der Waals surface area contributed by atoms with E-state index in [9.17, 15) is 4.79 Å². The van der Waals surface area contributed by atoms with Crippen molar-refractivity contribution in [3.05, 3.63) is 58.9 Å². The number of benzene rings is 1. The zero-order valence-electron chi connectivity index (χ0n) is 11.3. The van der Waals surface area contributed by atoms with Gasteiger partial charge in [0.2, 0.25) is 0 Å². The minimum atomic E-state index is -0.0666. The number of amides is 1. The normalized spacial score (nSPS) is 10.3. The highest BCUT2D eigenvalue weighted by Gasteiger charge is 2.12. The first-order chi connectivity index (χ1) is 9.60. The predicted molar refractivity (Wildman–Crippen MR) is 83.3 cm³/mol. The summed E-state index contributed by atoms with van der Waals surface area (Å²) in [6, 6.07) is 11.5. The van der Waals surface area contributed by atoms with E-state index >= 15 is 0 Å². The van der Waals surface area contributed by atoms with Gasteiger partial charge in [0.15, 0.2) is 0 Å². The highest BCUT2D eigenvalue weighted by atomic mass is 35.5. The summed E-state index contributed by atoms with van der Waals surface area (Å²) in [5.74, 6) is -0.0666. The van der Waals surface area contributed by atoms with Gasteiger partial charge in [0.1, 0.15) is 5.15 Å². The molecule has 1 amide bonds. The first-order valence-electron chi connectivity index (χ1n) is 6.10. The van der Waals surface area contributed by atoms with Crippen LogP contribution in [0.1, 0.15) is 15.9 Å². The number of halogens is 1. The standard InChI is InChI=1S/C15H15ClN2OS/c1-18(10-11-3-6-13(20-2)7-4-11)15(19)12-5-8-14(16)17-9-12/h3-9H,10H2,1-2H3. The molecule has 0 saturated heterocycles. The van der Waals surface area contributed by atoms with Crippen molar-refractivity contribution in [3.8, 4) is 0 Å². The van der Waals surface area contributed by atoms with Gasteiger partial charge in [-0.25, -0.2) is 4.98 Å². The van der Waals surface area contributed by atoms with Gasteiger partial charge in [-0.1, -0.05) is 23.7 Å². The Labute approximate surface area is 128 Å². The van der Waals surface area contributed by atoms with Gasteiger partial charge in [0.25, 0.3) is 5.91 Å². The van der Waals surface area contributed by atoms with Crippen LogP contribution in [0.25, 0.3) is 0 Å². The zero-order valence-corrected chi connectivity index (χ0v) is 12.9. The third kappa shape index (κ3) is 3.74. The van der Waals surface area contributed by atoms with Crippen molar-refractivity contribution < 1.29 is 4.79 Å². The lowest BCUT2D eigenvalue weighted by molar-refractivity contribution is 0.0784. The summed E-state index contributed by atoms with van der Waals surface area (Å²) >= 11 is 7.42. The molecular formula is C15H15ClN2OS. The molecule has 1 aromatic heterocycles. The zero-order chi connectivity index (χ0) is 14.5. The van der Waals surface area contributed by atoms with Gasteiger partial charge in [-0.05, 0) is 36.1 Å². The van der Waals surface area contributed by atoms with E-state index < -0.39 is 0 Å². The van der Waals surface area contributed by atoms with Crippen LogP contribution in [0, 0.1) is 0 Å². The molecule has 5 heteroatoms. The summed E-state index contributed by atoms with van der Waals surface area (Å²) in [5, 5.41) is 0.386. The smallest absolute Gasteiger partial charge is 0.255 e. The number of carbonyl (C=O) groups is 1. The lowest BCUT2D eigenvalue weighted by Crippen LogP contribution is -2.26. The van der Waals surface area contributed by atoms with Gasteiger partial charge in [-0.3, -0.25) is 4.79 Å². The highest BCUT2D eigenvalue weighted by molar-refractivity contribution is 7.98. The lowest BCUT2D eigenvalue weighted by Gasteiger charge is -2.17. The van der Waals surface area contributed by atoms with Crippen LogP contribution in [-0.4, -0.2) is 29.1 Å². The van der Waals surface area contributed by atoms with Crippen LogP contribution in [0.4, 0.5) is 0 Å². The van der Waals surface area contributed by atoms with Gasteiger partial charge < -0.3 is 4.90 Å². The molecule has 0 N–H and O–H groups in total. The second kappa shape index (κ2) is 6.77. The fourth-order valence-electron chi connectivity index (χ4n) is 1.80. The van der Waals surface area contributed by atoms with Crippen molar-refractivity contribution in [2.45, 2.75) is 11.4 Å². The second-order valence-electron chi connectivity index (χ2n) is 4.38. The molecule has 20 heavy (non-hydrogen) atoms. The monoisotopic (exact) mass is 306 g/mol. The molecule has 0 aliphatic rings. The molecule has 0 saturated carbocycles. The third-order valence-electron chi connectivity index (χ3n) is 2.90. The highest BCUT2D eigenvalue weighted by Crippen LogP contribution is 2.16. The van der Waals surface area contributed by atoms with Gasteiger partial charge in [-0.2, -0.15) is 0 Å². The van der Waals surface area contributed by atoms with Crippen molar-refractivity contribution >= 4 is 29.3 Å². The summed E-state index contributed by atoms with van der Waals surface area (Å²) in [6.07, 6.45) is 3.54. The quantitative estimate of drug-likeness (QED) is 0.637. The molecule has 0 atom stereocenters. The van der Waals surface area contributed by atoms with Crippen LogP contribution in [0.5, 0.6) is 0 Å². The molecule has 3 nitrogen and oxygen atoms in total. The van der Waals surface area contributed by atoms with E-state index in [0.29, 0.717) is 17.3 Å². The fourth-order valence-corrected chi connectivity index (χ4v) is 2.32. The van der Waals surface area contributed by atoms with E-state index in [4.69, 9.17) is 11.6 Å². The van der Waals surface area contributed by atoms with Crippen molar-refractivity contribution in [1.29, 1.82) is 0 Å². The van der Waals surface area contributed by atoms with Crippen molar-refractivity contribution in [1.82, 2.24) is 9.88 Å². The van der Waals surface area contributed by atoms with Crippen LogP contribution in [0.15, 0.2) is 47.5 Å². The van der Waals surface area contributed by atoms with E-state index in [1.807, 2.05) is 18.4 Å². The Morgan fingerprint density at radius 2 is 1.95 bits per heavy atom. The van der Waals surface area contributed by atoms with E-state index in [1.165, 1.54) is 11.1 Å². The van der Waals surface area contributed by atoms with Crippen LogP contribution >= 0.6 is 23.4 Å². The number of pyridine rings is 1. The Morgan fingerprint density at radius 3 is 2.50 bits per heavy atom. The molecule has 1 aromatic carbocycles. The topological polar surface area (TPSA) is 33.2 Å². The van der Waals surface area contributed by atoms with Crippen LogP contribution in [-0.2, 0) is 6.54 Å². The van der Waals surface area contributed by atoms with E-state index in [1.54, 1.807) is 35.8 Å². The molecule has 0 spiro atoms. The second-order valence-corrected chi connectivity index (χ2v) is 5.65. The fraction of sp³-hybridized carbons (Fsp3) is 0.200. The number of aromatic nitrogens is 1. The lowest BCUT2D eigenvalue weighted by atomic mass is 10.2. The molecule has 2 aromatic rings. The first kappa shape index (κ1) is 14.9. The molecule has 0 bridgehead atoms. The van der Waals surface area contributed by atoms with E-state index in [-0.39, 0.29) is 5.91 Å². The maximum Gasteiger partial charge on any atom is 0.255 e. The number of nitrogens with zero attached hydrogens (tertiary/aromatic N) is 2. The molecular weight excluding hydrogens is 292 g/mol. The van der Waals surface area contributed by atoms with Crippen LogP contribution in [0.2, 0.25) is 5.15 Å². The third-order valence-corrected chi connectivity index (χ3v) is 3.87. The molecule has 0 radical (unpaired) electrons. The number of carbonyl (C=O) groups excluding carboxylic acids is 1. The molecule has 0 unspecified atom stereocenters. The summed E-state index contributed by atoms with van der Waals surface area (Å²) < 4.78 is 0. The number of thioether (sulfide) groups is 1. The maximum atomic E-state index is 12.2. The molecule has 2 rings (SSSR count). The summed E-state index contributed by atoms with van der Waals surface area (Å²) in [7, 11) is 1.78. The van der Waals surface area contributed by atoms with Crippen LogP contribution in [0.3, 0.4) is 0 Å². The average molecular weight is 307 g/mol. The number of rotatable bonds is 4. The van der Waals surface area contributed by atoms with Crippen molar-refractivity contribution in [2.24, 2.45) is 0 Å². The van der Waals surface area contributed by atoms with E-state index in [2.05, 4.69) is 17.1 Å². The molecule has 104 valence electrons. The van der Waals surface area contributed by atoms with Crippen LogP contribution < -0.4 is 0 Å². The summed E-state index contributed by atoms with van der Waals surface area (Å²) in [4.78, 5) is 19.0. The summed E-state index contributed by atoms with van der Waals surface area (Å²) in [6.45, 7) is 0.566. The van der Waals surface area contributed by atoms with Crippen molar-refractivity contribution in [3.63, 3.8) is 0 Å². The Morgan fingerprint density at radius 1 is 1.25 bits per heavy atom. The molecule has 1 heterocycles. The Kier molecular flexibility index (Phi) is 5.04. The largest absolute Gasteiger partial charge is 0.337 e. The average Bonchev–Trinajstić information content (AvgIpc) is 2.48. The van der Waals surface area contributed by atoms with Gasteiger partial charge in [-0.15, -0.1) is 11.8 Å². The number of hydrogen-bond donors (Lipinski definition) is 0. The molecule has 0 aliphatic carbocycles. The summed E-state index contributed by atoms with van der Waals surface area (Å²) in [5.41, 5.74) is 1.64. The Bertz CT molecular complexity index is 584.